The van der Waals surface area contributed by atoms with E-state index in [2.05, 4.69) is 15.5 Å². The van der Waals surface area contributed by atoms with Crippen molar-refractivity contribution in [3.05, 3.63) is 90.0 Å². The summed E-state index contributed by atoms with van der Waals surface area (Å²) in [6, 6.07) is 24.4. The third-order valence-corrected chi connectivity index (χ3v) is 6.04. The highest BCUT2D eigenvalue weighted by atomic mass is 16.5. The number of carbonyl (C=O) groups excluding carboxylic acids is 2. The van der Waals surface area contributed by atoms with Crippen LogP contribution in [-0.4, -0.2) is 56.6 Å². The number of likely N-dealkylation sites (N-methyl/N-ethyl adjacent to an activating group) is 1. The Balaban J connectivity index is 1.41. The van der Waals surface area contributed by atoms with Crippen LogP contribution in [0.3, 0.4) is 0 Å². The second kappa shape index (κ2) is 11.6. The molecule has 1 heterocycles. The summed E-state index contributed by atoms with van der Waals surface area (Å²) in [6.45, 7) is 5.24. The molecular weight excluding hydrogens is 440 g/mol. The van der Waals surface area contributed by atoms with E-state index < -0.39 is 6.04 Å². The molecule has 2 N–H and O–H groups in total. The van der Waals surface area contributed by atoms with Crippen molar-refractivity contribution >= 4 is 28.9 Å². The molecule has 2 amide bonds. The van der Waals surface area contributed by atoms with Crippen molar-refractivity contribution < 1.29 is 14.3 Å². The maximum Gasteiger partial charge on any atom is 0.246 e. The van der Waals surface area contributed by atoms with Crippen LogP contribution in [0.15, 0.2) is 78.9 Å². The van der Waals surface area contributed by atoms with Crippen LogP contribution >= 0.6 is 0 Å². The van der Waals surface area contributed by atoms with E-state index in [0.717, 1.165) is 54.5 Å². The van der Waals surface area contributed by atoms with Gasteiger partial charge in [0.1, 0.15) is 6.04 Å². The number of amides is 2. The molecule has 3 aromatic rings. The monoisotopic (exact) mass is 472 g/mol. The molecule has 0 saturated carbocycles. The maximum atomic E-state index is 13.3. The second-order valence-corrected chi connectivity index (χ2v) is 8.78. The van der Waals surface area contributed by atoms with Crippen molar-refractivity contribution in [2.45, 2.75) is 13.0 Å². The van der Waals surface area contributed by atoms with Crippen LogP contribution in [0.2, 0.25) is 0 Å². The van der Waals surface area contributed by atoms with Gasteiger partial charge in [0.15, 0.2) is 0 Å². The van der Waals surface area contributed by atoms with Crippen LogP contribution in [0.25, 0.3) is 0 Å². The van der Waals surface area contributed by atoms with Crippen LogP contribution in [0.1, 0.15) is 17.2 Å². The molecule has 0 aromatic heterocycles. The molecule has 1 saturated heterocycles. The van der Waals surface area contributed by atoms with Crippen molar-refractivity contribution in [2.24, 2.45) is 0 Å². The van der Waals surface area contributed by atoms with Gasteiger partial charge in [-0.2, -0.15) is 0 Å². The predicted octanol–water partition coefficient (Wildman–Crippen LogP) is 4.08. The lowest BCUT2D eigenvalue weighted by atomic mass is 10.0. The zero-order valence-corrected chi connectivity index (χ0v) is 20.2. The SMILES string of the molecule is Cc1ccc(NC(=O)C(c2ccccc2)N(C)CC(=O)Nc2ccc(N3CCOCC3)cc2)cc1. The number of morpholine rings is 1. The molecule has 35 heavy (non-hydrogen) atoms. The van der Waals surface area contributed by atoms with Gasteiger partial charge < -0.3 is 20.3 Å². The number of hydrogen-bond donors (Lipinski definition) is 2. The zero-order chi connectivity index (χ0) is 24.6. The molecule has 1 unspecified atom stereocenters. The summed E-state index contributed by atoms with van der Waals surface area (Å²) >= 11 is 0. The van der Waals surface area contributed by atoms with E-state index in [1.54, 1.807) is 11.9 Å². The van der Waals surface area contributed by atoms with Crippen molar-refractivity contribution in [3.8, 4) is 0 Å². The fourth-order valence-electron chi connectivity index (χ4n) is 4.18. The third-order valence-electron chi connectivity index (χ3n) is 6.04. The quantitative estimate of drug-likeness (QED) is 0.517. The molecule has 0 aliphatic carbocycles. The van der Waals surface area contributed by atoms with Crippen molar-refractivity contribution in [3.63, 3.8) is 0 Å². The first-order chi connectivity index (χ1) is 17.0. The normalized spacial score (nSPS) is 14.4. The van der Waals surface area contributed by atoms with Crippen molar-refractivity contribution in [1.29, 1.82) is 0 Å². The van der Waals surface area contributed by atoms with Gasteiger partial charge in [0.05, 0.1) is 19.8 Å². The first-order valence-corrected chi connectivity index (χ1v) is 11.8. The Bertz CT molecular complexity index is 1110. The van der Waals surface area contributed by atoms with Gasteiger partial charge in [0.2, 0.25) is 11.8 Å². The highest BCUT2D eigenvalue weighted by molar-refractivity contribution is 5.97. The molecule has 4 rings (SSSR count). The van der Waals surface area contributed by atoms with Crippen LogP contribution < -0.4 is 15.5 Å². The summed E-state index contributed by atoms with van der Waals surface area (Å²) in [4.78, 5) is 30.1. The number of benzene rings is 3. The van der Waals surface area contributed by atoms with E-state index in [4.69, 9.17) is 4.74 Å². The lowest BCUT2D eigenvalue weighted by Gasteiger charge is -2.29. The van der Waals surface area contributed by atoms with E-state index >= 15 is 0 Å². The summed E-state index contributed by atoms with van der Waals surface area (Å²) in [5.41, 5.74) is 4.50. The molecule has 3 aromatic carbocycles. The average molecular weight is 473 g/mol. The lowest BCUT2D eigenvalue weighted by Crippen LogP contribution is -2.39. The van der Waals surface area contributed by atoms with Gasteiger partial charge in [0, 0.05) is 30.2 Å². The summed E-state index contributed by atoms with van der Waals surface area (Å²) < 4.78 is 5.41. The Morgan fingerprint density at radius 2 is 1.49 bits per heavy atom. The minimum atomic E-state index is -0.619. The minimum Gasteiger partial charge on any atom is -0.378 e. The molecule has 7 heteroatoms. The first kappa shape index (κ1) is 24.4. The average Bonchev–Trinajstić information content (AvgIpc) is 2.87. The van der Waals surface area contributed by atoms with Crippen molar-refractivity contribution in [1.82, 2.24) is 4.90 Å². The number of nitrogens with zero attached hydrogens (tertiary/aromatic N) is 2. The maximum absolute atomic E-state index is 13.3. The van der Waals surface area contributed by atoms with E-state index in [0.29, 0.717) is 0 Å². The molecule has 0 radical (unpaired) electrons. The molecule has 1 aliphatic rings. The Morgan fingerprint density at radius 1 is 0.886 bits per heavy atom. The molecule has 1 aliphatic heterocycles. The van der Waals surface area contributed by atoms with Gasteiger partial charge in [-0.3, -0.25) is 14.5 Å². The topological polar surface area (TPSA) is 73.9 Å². The number of ether oxygens (including phenoxy) is 1. The Hall–Kier alpha value is -3.68. The third kappa shape index (κ3) is 6.68. The first-order valence-electron chi connectivity index (χ1n) is 11.8. The predicted molar refractivity (Wildman–Crippen MR) is 140 cm³/mol. The largest absolute Gasteiger partial charge is 0.378 e. The molecule has 0 bridgehead atoms. The minimum absolute atomic E-state index is 0.0616. The summed E-state index contributed by atoms with van der Waals surface area (Å²) in [7, 11) is 1.79. The van der Waals surface area contributed by atoms with Gasteiger partial charge in [-0.15, -0.1) is 0 Å². The van der Waals surface area contributed by atoms with E-state index in [1.807, 2.05) is 85.8 Å². The molecule has 182 valence electrons. The zero-order valence-electron chi connectivity index (χ0n) is 20.2. The van der Waals surface area contributed by atoms with Gasteiger partial charge >= 0.3 is 0 Å². The number of anilines is 3. The highest BCUT2D eigenvalue weighted by Gasteiger charge is 2.27. The molecule has 7 nitrogen and oxygen atoms in total. The van der Waals surface area contributed by atoms with Gasteiger partial charge in [-0.25, -0.2) is 0 Å². The van der Waals surface area contributed by atoms with E-state index in [9.17, 15) is 9.59 Å². The second-order valence-electron chi connectivity index (χ2n) is 8.78. The van der Waals surface area contributed by atoms with E-state index in [-0.39, 0.29) is 18.4 Å². The smallest absolute Gasteiger partial charge is 0.246 e. The van der Waals surface area contributed by atoms with Gasteiger partial charge in [0.25, 0.3) is 0 Å². The van der Waals surface area contributed by atoms with Gasteiger partial charge in [-0.05, 0) is 55.9 Å². The lowest BCUT2D eigenvalue weighted by molar-refractivity contribution is -0.123. The Labute approximate surface area is 206 Å². The van der Waals surface area contributed by atoms with Crippen LogP contribution in [0, 0.1) is 6.92 Å². The van der Waals surface area contributed by atoms with Crippen LogP contribution in [-0.2, 0) is 14.3 Å². The number of aryl methyl sites for hydroxylation is 1. The number of hydrogen-bond acceptors (Lipinski definition) is 5. The summed E-state index contributed by atoms with van der Waals surface area (Å²) in [6.07, 6.45) is 0. The Morgan fingerprint density at radius 3 is 2.14 bits per heavy atom. The fraction of sp³-hybridized carbons (Fsp3) is 0.286. The van der Waals surface area contributed by atoms with Crippen molar-refractivity contribution in [2.75, 3.05) is 55.4 Å². The standard InChI is InChI=1S/C28H32N4O3/c1-21-8-10-24(11-9-21)30-28(34)27(22-6-4-3-5-7-22)31(2)20-26(33)29-23-12-14-25(15-13-23)32-16-18-35-19-17-32/h3-15,27H,16-20H2,1-2H3,(H,29,33)(H,30,34). The van der Waals surface area contributed by atoms with Crippen LogP contribution in [0.4, 0.5) is 17.1 Å². The summed E-state index contributed by atoms with van der Waals surface area (Å²) in [5, 5.41) is 5.93. The molecule has 1 fully saturated rings. The fourth-order valence-corrected chi connectivity index (χ4v) is 4.18. The number of nitrogens with one attached hydrogen (secondary N) is 2. The molecular formula is C28H32N4O3. The number of rotatable bonds is 8. The van der Waals surface area contributed by atoms with Crippen LogP contribution in [0.5, 0.6) is 0 Å². The van der Waals surface area contributed by atoms with Gasteiger partial charge in [-0.1, -0.05) is 48.0 Å². The highest BCUT2D eigenvalue weighted by Crippen LogP contribution is 2.23. The van der Waals surface area contributed by atoms with E-state index in [1.165, 1.54) is 0 Å². The molecule has 1 atom stereocenters. The summed E-state index contributed by atoms with van der Waals surface area (Å²) in [5.74, 6) is -0.374. The molecule has 0 spiro atoms. The Kier molecular flexibility index (Phi) is 8.13. The number of carbonyl (C=O) groups is 2.